The SMILES string of the molecule is COC(=O)c1[nH]c(CN2CCC[C@H](S(N)(=O)=O)C2)cc1C. The molecule has 1 aliphatic rings. The number of hydrogen-bond donors (Lipinski definition) is 2. The highest BCUT2D eigenvalue weighted by Gasteiger charge is 2.28. The van der Waals surface area contributed by atoms with Gasteiger partial charge in [-0.05, 0) is 37.9 Å². The zero-order chi connectivity index (χ0) is 15.6. The van der Waals surface area contributed by atoms with E-state index in [4.69, 9.17) is 9.88 Å². The standard InChI is InChI=1S/C13H21N3O4S/c1-9-6-10(15-12(9)13(17)20-2)7-16-5-3-4-11(8-16)21(14,18)19/h6,11,15H,3-5,7-8H2,1-2H3,(H2,14,18,19)/t11-/m0/s1. The number of ether oxygens (including phenoxy) is 1. The molecule has 7 nitrogen and oxygen atoms in total. The number of aromatic amines is 1. The normalized spacial score (nSPS) is 20.4. The Kier molecular flexibility index (Phi) is 4.70. The first-order valence-corrected chi connectivity index (χ1v) is 8.43. The van der Waals surface area contributed by atoms with Gasteiger partial charge in [0, 0.05) is 18.8 Å². The Bertz CT molecular complexity index is 623. The van der Waals surface area contributed by atoms with Gasteiger partial charge >= 0.3 is 5.97 Å². The first-order valence-electron chi connectivity index (χ1n) is 6.82. The van der Waals surface area contributed by atoms with Gasteiger partial charge in [0.1, 0.15) is 5.69 Å². The van der Waals surface area contributed by atoms with Crippen molar-refractivity contribution in [3.05, 3.63) is 23.0 Å². The van der Waals surface area contributed by atoms with Crippen molar-refractivity contribution < 1.29 is 17.9 Å². The summed E-state index contributed by atoms with van der Waals surface area (Å²) in [6, 6.07) is 1.88. The lowest BCUT2D eigenvalue weighted by Gasteiger charge is -2.31. The van der Waals surface area contributed by atoms with Crippen LogP contribution in [0.5, 0.6) is 0 Å². The third-order valence-corrected chi connectivity index (χ3v) is 5.09. The second kappa shape index (κ2) is 6.17. The van der Waals surface area contributed by atoms with E-state index in [-0.39, 0.29) is 0 Å². The van der Waals surface area contributed by atoms with E-state index in [1.54, 1.807) is 0 Å². The van der Waals surface area contributed by atoms with Gasteiger partial charge in [-0.1, -0.05) is 0 Å². The fourth-order valence-corrected chi connectivity index (χ4v) is 3.61. The minimum Gasteiger partial charge on any atom is -0.464 e. The molecule has 21 heavy (non-hydrogen) atoms. The van der Waals surface area contributed by atoms with Crippen LogP contribution in [-0.2, 0) is 21.3 Å². The van der Waals surface area contributed by atoms with Crippen molar-refractivity contribution in [1.29, 1.82) is 0 Å². The molecule has 0 aliphatic carbocycles. The minimum atomic E-state index is -3.50. The zero-order valence-electron chi connectivity index (χ0n) is 12.3. The number of primary sulfonamides is 1. The quantitative estimate of drug-likeness (QED) is 0.781. The van der Waals surface area contributed by atoms with Gasteiger partial charge in [-0.2, -0.15) is 0 Å². The molecule has 0 unspecified atom stereocenters. The highest BCUT2D eigenvalue weighted by Crippen LogP contribution is 2.19. The lowest BCUT2D eigenvalue weighted by Crippen LogP contribution is -2.44. The Labute approximate surface area is 124 Å². The molecule has 118 valence electrons. The maximum Gasteiger partial charge on any atom is 0.354 e. The average Bonchev–Trinajstić information content (AvgIpc) is 2.78. The van der Waals surface area contributed by atoms with Crippen molar-refractivity contribution in [2.45, 2.75) is 31.6 Å². The van der Waals surface area contributed by atoms with Gasteiger partial charge in [0.05, 0.1) is 12.4 Å². The number of methoxy groups -OCH3 is 1. The minimum absolute atomic E-state index is 0.403. The molecule has 1 fully saturated rings. The Morgan fingerprint density at radius 3 is 2.90 bits per heavy atom. The number of nitrogens with one attached hydrogen (secondary N) is 1. The van der Waals surface area contributed by atoms with Gasteiger partial charge < -0.3 is 9.72 Å². The van der Waals surface area contributed by atoms with Crippen molar-refractivity contribution in [2.75, 3.05) is 20.2 Å². The number of esters is 1. The van der Waals surface area contributed by atoms with Crippen molar-refractivity contribution in [3.63, 3.8) is 0 Å². The molecule has 1 atom stereocenters. The number of aryl methyl sites for hydroxylation is 1. The number of sulfonamides is 1. The third kappa shape index (κ3) is 3.84. The molecule has 8 heteroatoms. The van der Waals surface area contributed by atoms with Crippen molar-refractivity contribution in [3.8, 4) is 0 Å². The van der Waals surface area contributed by atoms with Gasteiger partial charge in [-0.25, -0.2) is 18.4 Å². The van der Waals surface area contributed by atoms with Gasteiger partial charge in [0.2, 0.25) is 10.0 Å². The second-order valence-corrected chi connectivity index (χ2v) is 7.28. The van der Waals surface area contributed by atoms with Crippen molar-refractivity contribution in [1.82, 2.24) is 9.88 Å². The summed E-state index contributed by atoms with van der Waals surface area (Å²) < 4.78 is 27.6. The topological polar surface area (TPSA) is 105 Å². The zero-order valence-corrected chi connectivity index (χ0v) is 13.1. The fourth-order valence-electron chi connectivity index (χ4n) is 2.69. The lowest BCUT2D eigenvalue weighted by molar-refractivity contribution is 0.0593. The predicted molar refractivity (Wildman–Crippen MR) is 78.3 cm³/mol. The number of H-pyrrole nitrogens is 1. The van der Waals surface area contributed by atoms with E-state index in [1.165, 1.54) is 7.11 Å². The number of rotatable bonds is 4. The van der Waals surface area contributed by atoms with Crippen LogP contribution in [0, 0.1) is 6.92 Å². The number of hydrogen-bond acceptors (Lipinski definition) is 5. The molecule has 0 spiro atoms. The molecule has 1 saturated heterocycles. The Balaban J connectivity index is 2.06. The van der Waals surface area contributed by atoms with E-state index in [0.29, 0.717) is 25.2 Å². The smallest absolute Gasteiger partial charge is 0.354 e. The van der Waals surface area contributed by atoms with Crippen LogP contribution in [0.2, 0.25) is 0 Å². The summed E-state index contributed by atoms with van der Waals surface area (Å²) >= 11 is 0. The van der Waals surface area contributed by atoms with E-state index in [9.17, 15) is 13.2 Å². The number of piperidine rings is 1. The second-order valence-electron chi connectivity index (χ2n) is 5.43. The molecule has 1 aliphatic heterocycles. The first kappa shape index (κ1) is 16.0. The van der Waals surface area contributed by atoms with Crippen LogP contribution in [0.15, 0.2) is 6.07 Å². The highest BCUT2D eigenvalue weighted by molar-refractivity contribution is 7.89. The van der Waals surface area contributed by atoms with E-state index in [1.807, 2.05) is 17.9 Å². The number of carbonyl (C=O) groups is 1. The molecule has 2 rings (SSSR count). The number of nitrogens with zero attached hydrogens (tertiary/aromatic N) is 1. The maximum atomic E-state index is 11.6. The average molecular weight is 315 g/mol. The molecular formula is C13H21N3O4S. The highest BCUT2D eigenvalue weighted by atomic mass is 32.2. The van der Waals surface area contributed by atoms with Crippen molar-refractivity contribution in [2.24, 2.45) is 5.14 Å². The third-order valence-electron chi connectivity index (χ3n) is 3.78. The Morgan fingerprint density at radius 2 is 2.29 bits per heavy atom. The Morgan fingerprint density at radius 1 is 1.57 bits per heavy atom. The summed E-state index contributed by atoms with van der Waals surface area (Å²) in [5.74, 6) is -0.403. The van der Waals surface area contributed by atoms with Gasteiger partial charge in [-0.3, -0.25) is 4.90 Å². The van der Waals surface area contributed by atoms with Gasteiger partial charge in [-0.15, -0.1) is 0 Å². The summed E-state index contributed by atoms with van der Waals surface area (Å²) in [7, 11) is -2.16. The first-order chi connectivity index (χ1) is 9.81. The molecular weight excluding hydrogens is 294 g/mol. The van der Waals surface area contributed by atoms with Crippen LogP contribution in [0.1, 0.15) is 34.6 Å². The van der Waals surface area contributed by atoms with E-state index in [0.717, 1.165) is 24.2 Å². The maximum absolute atomic E-state index is 11.6. The summed E-state index contributed by atoms with van der Waals surface area (Å²) in [5, 5.41) is 4.72. The lowest BCUT2D eigenvalue weighted by atomic mass is 10.1. The summed E-state index contributed by atoms with van der Waals surface area (Å²) in [5.41, 5.74) is 2.12. The molecule has 0 bridgehead atoms. The van der Waals surface area contributed by atoms with Crippen LogP contribution < -0.4 is 5.14 Å². The van der Waals surface area contributed by atoms with Crippen molar-refractivity contribution >= 4 is 16.0 Å². The van der Waals surface area contributed by atoms with Crippen LogP contribution in [0.3, 0.4) is 0 Å². The molecule has 0 amide bonds. The number of nitrogens with two attached hydrogens (primary N) is 1. The number of carbonyl (C=O) groups excluding carboxylic acids is 1. The summed E-state index contributed by atoms with van der Waals surface area (Å²) in [6.45, 7) is 3.63. The monoisotopic (exact) mass is 315 g/mol. The fraction of sp³-hybridized carbons (Fsp3) is 0.615. The van der Waals surface area contributed by atoms with Crippen LogP contribution in [0.4, 0.5) is 0 Å². The van der Waals surface area contributed by atoms with E-state index in [2.05, 4.69) is 4.98 Å². The van der Waals surface area contributed by atoms with E-state index >= 15 is 0 Å². The Hall–Kier alpha value is -1.38. The molecule has 1 aromatic heterocycles. The molecule has 0 saturated carbocycles. The van der Waals surface area contributed by atoms with E-state index < -0.39 is 21.2 Å². The number of aromatic nitrogens is 1. The molecule has 2 heterocycles. The molecule has 3 N–H and O–H groups in total. The van der Waals surface area contributed by atoms with Crippen LogP contribution >= 0.6 is 0 Å². The summed E-state index contributed by atoms with van der Waals surface area (Å²) in [6.07, 6.45) is 1.40. The number of likely N-dealkylation sites (tertiary alicyclic amines) is 1. The summed E-state index contributed by atoms with van der Waals surface area (Å²) in [4.78, 5) is 16.6. The van der Waals surface area contributed by atoms with Gasteiger partial charge in [0.25, 0.3) is 0 Å². The molecule has 1 aromatic rings. The molecule has 0 radical (unpaired) electrons. The largest absolute Gasteiger partial charge is 0.464 e. The molecule has 0 aromatic carbocycles. The van der Waals surface area contributed by atoms with Crippen LogP contribution in [0.25, 0.3) is 0 Å². The van der Waals surface area contributed by atoms with Crippen LogP contribution in [-0.4, -0.2) is 49.7 Å². The van der Waals surface area contributed by atoms with Gasteiger partial charge in [0.15, 0.2) is 0 Å². The predicted octanol–water partition coefficient (Wildman–Crippen LogP) is 0.363.